The van der Waals surface area contributed by atoms with Crippen LogP contribution in [-0.2, 0) is 17.6 Å². The lowest BCUT2D eigenvalue weighted by molar-refractivity contribution is -0.123. The molecule has 0 aliphatic heterocycles. The van der Waals surface area contributed by atoms with Gasteiger partial charge in [0.15, 0.2) is 5.69 Å². The van der Waals surface area contributed by atoms with Crippen LogP contribution >= 0.6 is 0 Å². The first-order valence-corrected chi connectivity index (χ1v) is 9.40. The first-order chi connectivity index (χ1) is 13.0. The molecule has 0 spiro atoms. The van der Waals surface area contributed by atoms with E-state index in [0.717, 1.165) is 42.6 Å². The van der Waals surface area contributed by atoms with Crippen molar-refractivity contribution in [2.24, 2.45) is 5.92 Å². The van der Waals surface area contributed by atoms with Crippen LogP contribution in [0.5, 0.6) is 0 Å². The lowest BCUT2D eigenvalue weighted by Gasteiger charge is -2.14. The number of hydrogen-bond donors (Lipinski definition) is 2. The first-order valence-electron chi connectivity index (χ1n) is 9.40. The molecule has 0 atom stereocenters. The number of hydrogen-bond acceptors (Lipinski definition) is 3. The molecule has 1 heterocycles. The molecule has 1 aromatic heterocycles. The van der Waals surface area contributed by atoms with Crippen molar-refractivity contribution in [1.82, 2.24) is 20.4 Å². The molecule has 0 radical (unpaired) electrons. The SMILES string of the molecule is CC(C)C(=O)NCCNC(=O)c1nn(-c2ccc(F)cc2)c2c1CCCC2. The predicted molar refractivity (Wildman–Crippen MR) is 100 cm³/mol. The second-order valence-electron chi connectivity index (χ2n) is 7.07. The Labute approximate surface area is 158 Å². The van der Waals surface area contributed by atoms with E-state index in [0.29, 0.717) is 18.8 Å². The van der Waals surface area contributed by atoms with E-state index in [9.17, 15) is 14.0 Å². The highest BCUT2D eigenvalue weighted by atomic mass is 19.1. The zero-order valence-electron chi connectivity index (χ0n) is 15.7. The van der Waals surface area contributed by atoms with Crippen LogP contribution in [0, 0.1) is 11.7 Å². The van der Waals surface area contributed by atoms with Gasteiger partial charge in [-0.05, 0) is 49.9 Å². The van der Waals surface area contributed by atoms with Gasteiger partial charge < -0.3 is 10.6 Å². The Hall–Kier alpha value is -2.70. The van der Waals surface area contributed by atoms with Crippen molar-refractivity contribution < 1.29 is 14.0 Å². The highest BCUT2D eigenvalue weighted by Gasteiger charge is 2.25. The molecule has 2 amide bonds. The van der Waals surface area contributed by atoms with E-state index in [-0.39, 0.29) is 23.5 Å². The third-order valence-corrected chi connectivity index (χ3v) is 4.70. The minimum atomic E-state index is -0.304. The quantitative estimate of drug-likeness (QED) is 0.765. The van der Waals surface area contributed by atoms with E-state index in [1.165, 1.54) is 12.1 Å². The average Bonchev–Trinajstić information content (AvgIpc) is 3.05. The Bertz CT molecular complexity index is 827. The molecule has 0 saturated carbocycles. The van der Waals surface area contributed by atoms with Crippen LogP contribution in [0.25, 0.3) is 5.69 Å². The van der Waals surface area contributed by atoms with Gasteiger partial charge in [0.2, 0.25) is 5.91 Å². The summed E-state index contributed by atoms with van der Waals surface area (Å²) >= 11 is 0. The van der Waals surface area contributed by atoms with Crippen molar-refractivity contribution in [1.29, 1.82) is 0 Å². The van der Waals surface area contributed by atoms with Crippen LogP contribution < -0.4 is 10.6 Å². The molecule has 27 heavy (non-hydrogen) atoms. The number of carbonyl (C=O) groups excluding carboxylic acids is 2. The summed E-state index contributed by atoms with van der Waals surface area (Å²) in [4.78, 5) is 24.2. The van der Waals surface area contributed by atoms with E-state index in [1.54, 1.807) is 16.8 Å². The minimum absolute atomic E-state index is 0.0396. The van der Waals surface area contributed by atoms with Gasteiger partial charge in [-0.15, -0.1) is 0 Å². The fraction of sp³-hybridized carbons (Fsp3) is 0.450. The highest BCUT2D eigenvalue weighted by Crippen LogP contribution is 2.27. The van der Waals surface area contributed by atoms with Gasteiger partial charge in [0.05, 0.1) is 5.69 Å². The van der Waals surface area contributed by atoms with Crippen molar-refractivity contribution in [3.63, 3.8) is 0 Å². The van der Waals surface area contributed by atoms with Gasteiger partial charge in [0.25, 0.3) is 5.91 Å². The van der Waals surface area contributed by atoms with Crippen LogP contribution in [0.4, 0.5) is 4.39 Å². The van der Waals surface area contributed by atoms with Crippen molar-refractivity contribution in [2.75, 3.05) is 13.1 Å². The van der Waals surface area contributed by atoms with Gasteiger partial charge in [-0.3, -0.25) is 9.59 Å². The summed E-state index contributed by atoms with van der Waals surface area (Å²) in [6, 6.07) is 6.12. The monoisotopic (exact) mass is 372 g/mol. The molecular formula is C20H25FN4O2. The molecule has 0 unspecified atom stereocenters. The number of amides is 2. The van der Waals surface area contributed by atoms with Crippen LogP contribution in [0.15, 0.2) is 24.3 Å². The molecule has 2 aromatic rings. The number of carbonyl (C=O) groups is 2. The van der Waals surface area contributed by atoms with Gasteiger partial charge in [-0.1, -0.05) is 13.8 Å². The fourth-order valence-corrected chi connectivity index (χ4v) is 3.23. The van der Waals surface area contributed by atoms with Crippen LogP contribution in [0.1, 0.15) is 48.4 Å². The summed E-state index contributed by atoms with van der Waals surface area (Å²) in [5, 5.41) is 10.1. The molecule has 0 fully saturated rings. The van der Waals surface area contributed by atoms with E-state index >= 15 is 0 Å². The summed E-state index contributed by atoms with van der Waals surface area (Å²) in [5.74, 6) is -0.671. The van der Waals surface area contributed by atoms with Gasteiger partial charge in [-0.25, -0.2) is 9.07 Å². The van der Waals surface area contributed by atoms with E-state index in [1.807, 2.05) is 13.8 Å². The number of rotatable bonds is 6. The third-order valence-electron chi connectivity index (χ3n) is 4.70. The van der Waals surface area contributed by atoms with Gasteiger partial charge in [0.1, 0.15) is 5.82 Å². The maximum absolute atomic E-state index is 13.2. The van der Waals surface area contributed by atoms with Gasteiger partial charge >= 0.3 is 0 Å². The number of benzene rings is 1. The number of fused-ring (bicyclic) bond motifs is 1. The second-order valence-corrected chi connectivity index (χ2v) is 7.07. The molecule has 1 aliphatic rings. The summed E-state index contributed by atoms with van der Waals surface area (Å²) in [6.07, 6.45) is 3.72. The van der Waals surface area contributed by atoms with Crippen molar-refractivity contribution >= 4 is 11.8 Å². The molecule has 1 aromatic carbocycles. The van der Waals surface area contributed by atoms with Crippen LogP contribution in [0.3, 0.4) is 0 Å². The molecule has 3 rings (SSSR count). The van der Waals surface area contributed by atoms with Crippen molar-refractivity contribution in [3.05, 3.63) is 47.0 Å². The van der Waals surface area contributed by atoms with Gasteiger partial charge in [-0.2, -0.15) is 5.10 Å². The third kappa shape index (κ3) is 4.35. The summed E-state index contributed by atoms with van der Waals surface area (Å²) in [6.45, 7) is 4.36. The molecule has 0 bridgehead atoms. The largest absolute Gasteiger partial charge is 0.354 e. The average molecular weight is 372 g/mol. The Morgan fingerprint density at radius 3 is 2.48 bits per heavy atom. The molecule has 2 N–H and O–H groups in total. The maximum atomic E-state index is 13.2. The molecule has 6 nitrogen and oxygen atoms in total. The number of nitrogens with zero attached hydrogens (tertiary/aromatic N) is 2. The summed E-state index contributed by atoms with van der Waals surface area (Å²) in [7, 11) is 0. The Morgan fingerprint density at radius 1 is 1.11 bits per heavy atom. The van der Waals surface area contributed by atoms with E-state index < -0.39 is 0 Å². The molecule has 144 valence electrons. The number of nitrogens with one attached hydrogen (secondary N) is 2. The van der Waals surface area contributed by atoms with Crippen LogP contribution in [0.2, 0.25) is 0 Å². The standard InChI is InChI=1S/C20H25FN4O2/c1-13(2)19(26)22-11-12-23-20(27)18-16-5-3-4-6-17(16)25(24-18)15-9-7-14(21)8-10-15/h7-10,13H,3-6,11-12H2,1-2H3,(H,22,26)(H,23,27). The Kier molecular flexibility index (Phi) is 5.88. The zero-order chi connectivity index (χ0) is 19.4. The first kappa shape index (κ1) is 19.1. The van der Waals surface area contributed by atoms with E-state index in [2.05, 4.69) is 15.7 Å². The molecule has 0 saturated heterocycles. The highest BCUT2D eigenvalue weighted by molar-refractivity contribution is 5.94. The Morgan fingerprint density at radius 2 is 1.78 bits per heavy atom. The molecule has 7 heteroatoms. The fourth-order valence-electron chi connectivity index (χ4n) is 3.23. The minimum Gasteiger partial charge on any atom is -0.354 e. The zero-order valence-corrected chi connectivity index (χ0v) is 15.7. The van der Waals surface area contributed by atoms with Crippen molar-refractivity contribution in [2.45, 2.75) is 39.5 Å². The second kappa shape index (κ2) is 8.33. The normalized spacial score (nSPS) is 13.3. The molecule has 1 aliphatic carbocycles. The maximum Gasteiger partial charge on any atom is 0.272 e. The lowest BCUT2D eigenvalue weighted by atomic mass is 9.95. The lowest BCUT2D eigenvalue weighted by Crippen LogP contribution is -2.36. The number of halogens is 1. The van der Waals surface area contributed by atoms with Crippen molar-refractivity contribution in [3.8, 4) is 5.69 Å². The molecular weight excluding hydrogens is 347 g/mol. The topological polar surface area (TPSA) is 76.0 Å². The van der Waals surface area contributed by atoms with E-state index in [4.69, 9.17) is 0 Å². The number of aromatic nitrogens is 2. The van der Waals surface area contributed by atoms with Crippen LogP contribution in [-0.4, -0.2) is 34.7 Å². The summed E-state index contributed by atoms with van der Waals surface area (Å²) in [5.41, 5.74) is 3.16. The Balaban J connectivity index is 1.74. The smallest absolute Gasteiger partial charge is 0.272 e. The summed E-state index contributed by atoms with van der Waals surface area (Å²) < 4.78 is 15.0. The predicted octanol–water partition coefficient (Wildman–Crippen LogP) is 2.39. The van der Waals surface area contributed by atoms with Gasteiger partial charge in [0, 0.05) is 30.3 Å².